The Morgan fingerprint density at radius 3 is 2.43 bits per heavy atom. The number of anilines is 1. The first-order valence-corrected chi connectivity index (χ1v) is 28.3. The SMILES string of the molecule is CCn1c(-c2cc(N3CCN(C)CC3)cnc2[C@H](C)OC)c2c3cc(ccc31)-c1cc(O)cc(c1)C[C@H](NC(=O)[C@H](C1CCCC1)N(C)C(=O)[C@H]1OCC[C@H]1c1ccccc1)C(=O)C1CCC[C@H](N1)C(=O)OCC(C)(C)C2. The highest BCUT2D eigenvalue weighted by atomic mass is 16.5. The normalized spacial score (nSPS) is 24.3. The summed E-state index contributed by atoms with van der Waals surface area (Å²) < 4.78 is 20.8. The molecule has 4 aliphatic heterocycles. The average Bonchev–Trinajstić information content (AvgIpc) is 4.22. The average molecular weight is 1050 g/mol. The van der Waals surface area contributed by atoms with E-state index < -0.39 is 47.6 Å². The van der Waals surface area contributed by atoms with Crippen LogP contribution in [-0.4, -0.2) is 139 Å². The summed E-state index contributed by atoms with van der Waals surface area (Å²) in [6, 6.07) is 20.6. The third kappa shape index (κ3) is 11.4. The Hall–Kier alpha value is -6.13. The van der Waals surface area contributed by atoms with Crippen molar-refractivity contribution in [3.63, 3.8) is 0 Å². The minimum atomic E-state index is -1.07. The highest BCUT2D eigenvalue weighted by molar-refractivity contribution is 5.98. The summed E-state index contributed by atoms with van der Waals surface area (Å²) in [5.74, 6) is -1.58. The van der Waals surface area contributed by atoms with Gasteiger partial charge < -0.3 is 43.9 Å². The van der Waals surface area contributed by atoms with Gasteiger partial charge in [-0.1, -0.05) is 69.2 Å². The second kappa shape index (κ2) is 23.1. The molecule has 2 aromatic heterocycles. The summed E-state index contributed by atoms with van der Waals surface area (Å²) in [5.41, 5.74) is 8.78. The largest absolute Gasteiger partial charge is 0.508 e. The second-order valence-corrected chi connectivity index (χ2v) is 23.3. The van der Waals surface area contributed by atoms with Crippen LogP contribution >= 0.6 is 0 Å². The summed E-state index contributed by atoms with van der Waals surface area (Å²) in [5, 5.41) is 19.2. The monoisotopic (exact) mass is 1050 g/mol. The van der Waals surface area contributed by atoms with Crippen molar-refractivity contribution >= 4 is 40.2 Å². The zero-order valence-electron chi connectivity index (χ0n) is 46.2. The quantitative estimate of drug-likeness (QED) is 0.108. The Morgan fingerprint density at radius 2 is 1.69 bits per heavy atom. The number of methoxy groups -OCH3 is 1. The molecule has 2 amide bonds. The lowest BCUT2D eigenvalue weighted by Gasteiger charge is -2.36. The van der Waals surface area contributed by atoms with Gasteiger partial charge >= 0.3 is 5.97 Å². The standard InChI is InChI=1S/C62H79N7O8/c1-8-69-53-22-21-42-33-47(53)49(56(69)48-34-44(36-63-54(48)38(2)75-7)68-26-24-66(5)25-27-68)35-62(3,4)37-77-61(74)51-20-14-19-50(64-51)57(71)52(31-39-29-43(42)32-45(70)30-39)65-59(72)55(41-17-12-13-18-41)67(6)60(73)58-46(23-28-76-58)40-15-10-9-11-16-40/h9-11,15-16,21-22,29-30,32-34,36,38,41,46,50-52,55,58,64,70H,8,12-14,17-20,23-28,31,35,37H2,1-7H3,(H,65,72)/t38-,46-,50?,51-,52-,55-,58-/m0/s1. The van der Waals surface area contributed by atoms with E-state index in [0.717, 1.165) is 108 Å². The van der Waals surface area contributed by atoms with Crippen molar-refractivity contribution in [2.45, 2.75) is 141 Å². The maximum atomic E-state index is 15.2. The molecule has 7 atom stereocenters. The number of likely N-dealkylation sites (N-methyl/N-ethyl adjacent to an activating group) is 2. The van der Waals surface area contributed by atoms with Crippen LogP contribution in [0, 0.1) is 11.3 Å². The number of carbonyl (C=O) groups is 4. The fraction of sp³-hybridized carbons (Fsp3) is 0.532. The number of esters is 1. The van der Waals surface area contributed by atoms with E-state index in [1.807, 2.05) is 49.5 Å². The zero-order chi connectivity index (χ0) is 54.1. The van der Waals surface area contributed by atoms with Crippen LogP contribution in [0.4, 0.5) is 5.69 Å². The number of hydrogen-bond donors (Lipinski definition) is 3. The Balaban J connectivity index is 1.05. The molecule has 0 radical (unpaired) electrons. The number of phenolic OH excluding ortho intramolecular Hbond substituents is 1. The molecule has 15 heteroatoms. The zero-order valence-corrected chi connectivity index (χ0v) is 46.2. The first-order valence-electron chi connectivity index (χ1n) is 28.3. The lowest BCUT2D eigenvalue weighted by atomic mass is 9.83. The molecule has 5 aromatic rings. The molecule has 0 spiro atoms. The number of phenols is 1. The molecule has 10 rings (SSSR count). The molecule has 15 nitrogen and oxygen atoms in total. The van der Waals surface area contributed by atoms with Crippen molar-refractivity contribution in [3.05, 3.63) is 101 Å². The highest BCUT2D eigenvalue weighted by Crippen LogP contribution is 2.44. The Morgan fingerprint density at radius 1 is 0.935 bits per heavy atom. The van der Waals surface area contributed by atoms with E-state index in [4.69, 9.17) is 19.2 Å². The van der Waals surface area contributed by atoms with Crippen LogP contribution in [0.3, 0.4) is 0 Å². The number of ketones is 1. The van der Waals surface area contributed by atoms with E-state index in [0.29, 0.717) is 50.8 Å². The van der Waals surface area contributed by atoms with Crippen LogP contribution in [-0.2, 0) is 52.8 Å². The van der Waals surface area contributed by atoms with Crippen molar-refractivity contribution in [1.82, 2.24) is 30.0 Å². The van der Waals surface area contributed by atoms with Gasteiger partial charge in [-0.25, -0.2) is 0 Å². The molecule has 1 unspecified atom stereocenters. The number of rotatable bonds is 11. The lowest BCUT2D eigenvalue weighted by molar-refractivity contribution is -0.150. The number of carbonyl (C=O) groups excluding carboxylic acids is 4. The van der Waals surface area contributed by atoms with Crippen molar-refractivity contribution in [1.29, 1.82) is 0 Å². The summed E-state index contributed by atoms with van der Waals surface area (Å²) in [6.45, 7) is 13.4. The van der Waals surface area contributed by atoms with Gasteiger partial charge in [0.05, 0.1) is 48.1 Å². The molecule has 3 N–H and O–H groups in total. The van der Waals surface area contributed by atoms with Gasteiger partial charge in [-0.3, -0.25) is 29.5 Å². The fourth-order valence-electron chi connectivity index (χ4n) is 13.1. The summed E-state index contributed by atoms with van der Waals surface area (Å²) in [6.07, 6.45) is 7.19. The Bertz CT molecular complexity index is 2960. The van der Waals surface area contributed by atoms with Crippen LogP contribution in [0.25, 0.3) is 33.3 Å². The van der Waals surface area contributed by atoms with Gasteiger partial charge in [0.15, 0.2) is 5.78 Å². The van der Waals surface area contributed by atoms with Crippen LogP contribution < -0.4 is 15.5 Å². The molecule has 1 aliphatic carbocycles. The third-order valence-corrected chi connectivity index (χ3v) is 17.4. The van der Waals surface area contributed by atoms with E-state index in [-0.39, 0.29) is 48.4 Å². The van der Waals surface area contributed by atoms with E-state index >= 15 is 9.59 Å². The molecule has 3 aromatic carbocycles. The van der Waals surface area contributed by atoms with E-state index in [1.54, 1.807) is 31.2 Å². The molecule has 6 heterocycles. The molecule has 4 fully saturated rings. The van der Waals surface area contributed by atoms with Crippen molar-refractivity contribution in [2.24, 2.45) is 11.3 Å². The van der Waals surface area contributed by atoms with Crippen LogP contribution in [0.5, 0.6) is 5.75 Å². The number of piperazine rings is 1. The van der Waals surface area contributed by atoms with Crippen LogP contribution in [0.2, 0.25) is 0 Å². The number of cyclic esters (lactones) is 1. The van der Waals surface area contributed by atoms with Gasteiger partial charge in [0, 0.05) is 81.3 Å². The minimum absolute atomic E-state index is 0.0278. The predicted molar refractivity (Wildman–Crippen MR) is 299 cm³/mol. The van der Waals surface area contributed by atoms with Gasteiger partial charge in [-0.15, -0.1) is 0 Å². The van der Waals surface area contributed by atoms with Crippen LogP contribution in [0.1, 0.15) is 113 Å². The predicted octanol–water partition coefficient (Wildman–Crippen LogP) is 8.38. The first kappa shape index (κ1) is 54.2. The fourth-order valence-corrected chi connectivity index (χ4v) is 13.1. The molecule has 1 saturated carbocycles. The van der Waals surface area contributed by atoms with Gasteiger partial charge in [-0.2, -0.15) is 0 Å². The number of nitrogens with zero attached hydrogens (tertiary/aromatic N) is 5. The number of Topliss-reactive ketones (excluding diaryl/α,β-unsaturated/α-hetero) is 1. The number of amides is 2. The number of benzene rings is 3. The van der Waals surface area contributed by atoms with Crippen molar-refractivity contribution in [3.8, 4) is 28.1 Å². The number of hydrogen-bond acceptors (Lipinski definition) is 12. The van der Waals surface area contributed by atoms with E-state index in [1.165, 1.54) is 0 Å². The van der Waals surface area contributed by atoms with E-state index in [2.05, 4.69) is 77.1 Å². The van der Waals surface area contributed by atoms with Crippen molar-refractivity contribution in [2.75, 3.05) is 65.5 Å². The molecule has 410 valence electrons. The summed E-state index contributed by atoms with van der Waals surface area (Å²) in [4.78, 5) is 70.7. The van der Waals surface area contributed by atoms with Gasteiger partial charge in [0.1, 0.15) is 23.9 Å². The Labute approximate surface area is 454 Å². The van der Waals surface area contributed by atoms with Gasteiger partial charge in [0.2, 0.25) is 5.91 Å². The maximum absolute atomic E-state index is 15.2. The van der Waals surface area contributed by atoms with E-state index in [9.17, 15) is 14.7 Å². The molecule has 5 aliphatic rings. The number of aromatic nitrogens is 2. The number of piperidine rings is 1. The molecule has 3 saturated heterocycles. The summed E-state index contributed by atoms with van der Waals surface area (Å²) in [7, 11) is 5.57. The number of fused-ring (bicyclic) bond motifs is 6. The van der Waals surface area contributed by atoms with Crippen molar-refractivity contribution < 1.29 is 38.5 Å². The van der Waals surface area contributed by atoms with Gasteiger partial charge in [0.25, 0.3) is 5.91 Å². The summed E-state index contributed by atoms with van der Waals surface area (Å²) >= 11 is 0. The molecular formula is C62H79N7O8. The van der Waals surface area contributed by atoms with Crippen LogP contribution in [0.15, 0.2) is 79.0 Å². The first-order chi connectivity index (χ1) is 37.1. The Kier molecular flexibility index (Phi) is 16.2. The smallest absolute Gasteiger partial charge is 0.323 e. The lowest BCUT2D eigenvalue weighted by Crippen LogP contribution is -2.60. The third-order valence-electron chi connectivity index (χ3n) is 17.4. The number of aryl methyl sites for hydroxylation is 1. The number of ether oxygens (including phenoxy) is 3. The second-order valence-electron chi connectivity index (χ2n) is 23.3. The minimum Gasteiger partial charge on any atom is -0.508 e. The molecule has 77 heavy (non-hydrogen) atoms. The number of aromatic hydroxyl groups is 1. The molecule has 6 bridgehead atoms. The highest BCUT2D eigenvalue weighted by Gasteiger charge is 2.44. The maximum Gasteiger partial charge on any atom is 0.323 e. The number of nitrogens with one attached hydrogen (secondary N) is 2. The number of pyridine rings is 1. The molecular weight excluding hydrogens is 971 g/mol. The van der Waals surface area contributed by atoms with Gasteiger partial charge in [-0.05, 0) is 136 Å². The topological polar surface area (TPSA) is 168 Å².